The highest BCUT2D eigenvalue weighted by Crippen LogP contribution is 2.32. The number of methoxy groups -OCH3 is 1. The fourth-order valence-electron chi connectivity index (χ4n) is 3.36. The molecular weight excluding hydrogens is 392 g/mol. The third-order valence-electron chi connectivity index (χ3n) is 4.95. The highest BCUT2D eigenvalue weighted by atomic mass is 35.5. The van der Waals surface area contributed by atoms with Gasteiger partial charge in [-0.3, -0.25) is 0 Å². The lowest BCUT2D eigenvalue weighted by molar-refractivity contribution is 0.00328. The van der Waals surface area contributed by atoms with Crippen molar-refractivity contribution in [3.8, 4) is 28.7 Å². The molecule has 1 aliphatic heterocycles. The zero-order valence-electron chi connectivity index (χ0n) is 15.6. The number of aromatic nitrogens is 4. The predicted molar refractivity (Wildman–Crippen MR) is 106 cm³/mol. The van der Waals surface area contributed by atoms with Gasteiger partial charge in [-0.05, 0) is 42.0 Å². The van der Waals surface area contributed by atoms with E-state index in [4.69, 9.17) is 25.6 Å². The molecule has 4 aromatic rings. The molecule has 0 spiro atoms. The zero-order chi connectivity index (χ0) is 19.8. The van der Waals surface area contributed by atoms with Gasteiger partial charge in [0, 0.05) is 10.6 Å². The molecule has 146 valence electrons. The van der Waals surface area contributed by atoms with Gasteiger partial charge in [0.05, 0.1) is 32.3 Å². The van der Waals surface area contributed by atoms with Gasteiger partial charge in [-0.1, -0.05) is 28.9 Å². The number of nitrogens with zero attached hydrogens (tertiary/aromatic N) is 4. The summed E-state index contributed by atoms with van der Waals surface area (Å²) in [6.45, 7) is 1.07. The molecule has 0 bridgehead atoms. The summed E-state index contributed by atoms with van der Waals surface area (Å²) < 4.78 is 18.8. The van der Waals surface area contributed by atoms with Crippen LogP contribution in [-0.2, 0) is 17.9 Å². The number of ether oxygens (including phenoxy) is 2. The first-order valence-electron chi connectivity index (χ1n) is 9.11. The van der Waals surface area contributed by atoms with Crippen LogP contribution in [0.2, 0.25) is 5.02 Å². The molecule has 0 N–H and O–H groups in total. The molecule has 0 radical (unpaired) electrons. The summed E-state index contributed by atoms with van der Waals surface area (Å²) in [6, 6.07) is 15.2. The van der Waals surface area contributed by atoms with E-state index in [1.54, 1.807) is 25.6 Å². The summed E-state index contributed by atoms with van der Waals surface area (Å²) in [5.41, 5.74) is 3.48. The Morgan fingerprint density at radius 1 is 1.10 bits per heavy atom. The van der Waals surface area contributed by atoms with E-state index in [1.807, 2.05) is 36.4 Å². The highest BCUT2D eigenvalue weighted by Gasteiger charge is 2.26. The van der Waals surface area contributed by atoms with Gasteiger partial charge in [-0.15, -0.1) is 0 Å². The molecule has 0 amide bonds. The minimum absolute atomic E-state index is 0.0530. The molecule has 2 aromatic carbocycles. The van der Waals surface area contributed by atoms with Crippen LogP contribution in [0.3, 0.4) is 0 Å². The lowest BCUT2D eigenvalue weighted by Crippen LogP contribution is -2.20. The fourth-order valence-corrected chi connectivity index (χ4v) is 3.49. The van der Waals surface area contributed by atoms with E-state index in [0.717, 1.165) is 22.6 Å². The first-order valence-corrected chi connectivity index (χ1v) is 9.48. The van der Waals surface area contributed by atoms with E-state index >= 15 is 0 Å². The van der Waals surface area contributed by atoms with Crippen molar-refractivity contribution < 1.29 is 14.0 Å². The van der Waals surface area contributed by atoms with Crippen LogP contribution < -0.4 is 4.74 Å². The molecule has 7 nitrogen and oxygen atoms in total. The van der Waals surface area contributed by atoms with Gasteiger partial charge in [-0.2, -0.15) is 4.98 Å². The van der Waals surface area contributed by atoms with Gasteiger partial charge in [0.25, 0.3) is 5.89 Å². The monoisotopic (exact) mass is 408 g/mol. The third kappa shape index (κ3) is 3.39. The standard InChI is InChI=1S/C21H17ClN4O3/c1-27-16-8-4-13(5-9-16)18-10-26-12-23-19(17(26)11-28-18)21-24-20(25-29-21)14-2-6-15(22)7-3-14/h2-9,12,18H,10-11H2,1H3/t18-/m1/s1. The molecule has 2 aromatic heterocycles. The topological polar surface area (TPSA) is 75.2 Å². The molecule has 0 unspecified atom stereocenters. The van der Waals surface area contributed by atoms with Crippen LogP contribution in [-0.4, -0.2) is 26.8 Å². The van der Waals surface area contributed by atoms with E-state index in [2.05, 4.69) is 19.7 Å². The maximum Gasteiger partial charge on any atom is 0.278 e. The van der Waals surface area contributed by atoms with Crippen LogP contribution in [0.5, 0.6) is 5.75 Å². The second kappa shape index (κ2) is 7.35. The van der Waals surface area contributed by atoms with Gasteiger partial charge < -0.3 is 18.6 Å². The highest BCUT2D eigenvalue weighted by molar-refractivity contribution is 6.30. The lowest BCUT2D eigenvalue weighted by Gasteiger charge is -2.25. The molecule has 0 saturated carbocycles. The van der Waals surface area contributed by atoms with Crippen molar-refractivity contribution in [2.24, 2.45) is 0 Å². The smallest absolute Gasteiger partial charge is 0.278 e. The average molecular weight is 409 g/mol. The molecule has 29 heavy (non-hydrogen) atoms. The molecule has 0 fully saturated rings. The number of imidazole rings is 1. The van der Waals surface area contributed by atoms with Gasteiger partial charge >= 0.3 is 0 Å². The van der Waals surface area contributed by atoms with Crippen molar-refractivity contribution in [3.05, 3.63) is 71.1 Å². The Bertz CT molecular complexity index is 1140. The molecule has 1 atom stereocenters. The largest absolute Gasteiger partial charge is 0.497 e. The maximum absolute atomic E-state index is 6.08. The molecular formula is C21H17ClN4O3. The Labute approximate surface area is 171 Å². The van der Waals surface area contributed by atoms with Crippen LogP contribution in [0.1, 0.15) is 17.4 Å². The fraction of sp³-hybridized carbons (Fsp3) is 0.190. The first-order chi connectivity index (χ1) is 14.2. The first kappa shape index (κ1) is 17.9. The number of fused-ring (bicyclic) bond motifs is 1. The predicted octanol–water partition coefficient (Wildman–Crippen LogP) is 4.53. The summed E-state index contributed by atoms with van der Waals surface area (Å²) in [6.07, 6.45) is 1.73. The summed E-state index contributed by atoms with van der Waals surface area (Å²) in [4.78, 5) is 8.98. The van der Waals surface area contributed by atoms with Crippen molar-refractivity contribution >= 4 is 11.6 Å². The van der Waals surface area contributed by atoms with E-state index in [0.29, 0.717) is 35.6 Å². The van der Waals surface area contributed by atoms with E-state index in [9.17, 15) is 0 Å². The zero-order valence-corrected chi connectivity index (χ0v) is 16.3. The third-order valence-corrected chi connectivity index (χ3v) is 5.20. The molecule has 0 saturated heterocycles. The molecule has 1 aliphatic rings. The maximum atomic E-state index is 6.08. The Kier molecular flexibility index (Phi) is 4.54. The second-order valence-electron chi connectivity index (χ2n) is 6.70. The average Bonchev–Trinajstić information content (AvgIpc) is 3.41. The number of halogens is 1. The van der Waals surface area contributed by atoms with Crippen molar-refractivity contribution in [2.45, 2.75) is 19.3 Å². The Morgan fingerprint density at radius 2 is 1.90 bits per heavy atom. The van der Waals surface area contributed by atoms with Crippen LogP contribution in [0.25, 0.3) is 23.0 Å². The van der Waals surface area contributed by atoms with E-state index in [-0.39, 0.29) is 6.10 Å². The number of rotatable bonds is 4. The summed E-state index contributed by atoms with van der Waals surface area (Å²) in [7, 11) is 1.65. The van der Waals surface area contributed by atoms with Crippen molar-refractivity contribution in [2.75, 3.05) is 7.11 Å². The summed E-state index contributed by atoms with van der Waals surface area (Å²) >= 11 is 5.94. The van der Waals surface area contributed by atoms with Crippen molar-refractivity contribution in [1.82, 2.24) is 19.7 Å². The normalized spacial score (nSPS) is 15.9. The summed E-state index contributed by atoms with van der Waals surface area (Å²) in [5, 5.41) is 4.73. The Hall–Kier alpha value is -3.16. The lowest BCUT2D eigenvalue weighted by atomic mass is 10.1. The molecule has 3 heterocycles. The molecule has 0 aliphatic carbocycles. The number of benzene rings is 2. The van der Waals surface area contributed by atoms with Crippen molar-refractivity contribution in [3.63, 3.8) is 0 Å². The van der Waals surface area contributed by atoms with Crippen LogP contribution in [0.15, 0.2) is 59.4 Å². The number of hydrogen-bond acceptors (Lipinski definition) is 6. The minimum Gasteiger partial charge on any atom is -0.497 e. The van der Waals surface area contributed by atoms with Crippen LogP contribution >= 0.6 is 11.6 Å². The minimum atomic E-state index is -0.0530. The van der Waals surface area contributed by atoms with E-state index in [1.165, 1.54) is 0 Å². The van der Waals surface area contributed by atoms with Gasteiger partial charge in [-0.25, -0.2) is 4.98 Å². The van der Waals surface area contributed by atoms with Crippen LogP contribution in [0, 0.1) is 0 Å². The Morgan fingerprint density at radius 3 is 2.66 bits per heavy atom. The van der Waals surface area contributed by atoms with Gasteiger partial charge in [0.1, 0.15) is 11.9 Å². The van der Waals surface area contributed by atoms with Crippen molar-refractivity contribution in [1.29, 1.82) is 0 Å². The molecule has 8 heteroatoms. The van der Waals surface area contributed by atoms with Gasteiger partial charge in [0.15, 0.2) is 5.69 Å². The molecule has 5 rings (SSSR count). The second-order valence-corrected chi connectivity index (χ2v) is 7.13. The van der Waals surface area contributed by atoms with E-state index < -0.39 is 0 Å². The van der Waals surface area contributed by atoms with Gasteiger partial charge in [0.2, 0.25) is 5.82 Å². The quantitative estimate of drug-likeness (QED) is 0.493. The summed E-state index contributed by atoms with van der Waals surface area (Å²) in [5.74, 6) is 1.68. The number of hydrogen-bond donors (Lipinski definition) is 0. The Balaban J connectivity index is 1.38. The SMILES string of the molecule is COc1ccc([C@H]2Cn3cnc(-c4nc(-c5ccc(Cl)cc5)no4)c3CO2)cc1. The van der Waals surface area contributed by atoms with Crippen LogP contribution in [0.4, 0.5) is 0 Å².